The highest BCUT2D eigenvalue weighted by molar-refractivity contribution is 7.97. The number of ether oxygens (including phenoxy) is 1. The minimum Gasteiger partial charge on any atom is -0.490 e. The predicted molar refractivity (Wildman–Crippen MR) is 143 cm³/mol. The van der Waals surface area contributed by atoms with Crippen molar-refractivity contribution < 1.29 is 17.9 Å². The van der Waals surface area contributed by atoms with Gasteiger partial charge in [-0.25, -0.2) is 17.9 Å². The standard InChI is InChI=1S/C23H26Cl3N3O4S2/c24-15-1-4-21(34)22(13-15)35(31,32)27-23(30)29-9-5-16(6-10-29)28-11-7-17(8-12-28)33-18-2-3-19(25)20(26)14-18/h1-3,13-14,16-17H,4-12H2,(H,27,30). The average molecular weight is 579 g/mol. The quantitative estimate of drug-likeness (QED) is 0.489. The molecule has 0 spiro atoms. The van der Waals surface area contributed by atoms with E-state index in [1.54, 1.807) is 18.2 Å². The van der Waals surface area contributed by atoms with Crippen molar-refractivity contribution in [3.05, 3.63) is 50.3 Å². The number of nitrogens with zero attached hydrogens (tertiary/aromatic N) is 2. The van der Waals surface area contributed by atoms with Gasteiger partial charge in [-0.1, -0.05) is 53.1 Å². The number of urea groups is 1. The van der Waals surface area contributed by atoms with Gasteiger partial charge in [-0.2, -0.15) is 0 Å². The second-order valence-electron chi connectivity index (χ2n) is 8.78. The zero-order valence-electron chi connectivity index (χ0n) is 18.9. The fourth-order valence-electron chi connectivity index (χ4n) is 4.55. The van der Waals surface area contributed by atoms with E-state index < -0.39 is 16.1 Å². The molecule has 0 bridgehead atoms. The molecule has 0 saturated carbocycles. The van der Waals surface area contributed by atoms with Gasteiger partial charge in [-0.05, 0) is 43.9 Å². The molecule has 0 aromatic heterocycles. The number of carbonyl (C=O) groups is 1. The maximum atomic E-state index is 12.7. The van der Waals surface area contributed by atoms with E-state index in [9.17, 15) is 13.2 Å². The Labute approximate surface area is 226 Å². The average Bonchev–Trinajstić information content (AvgIpc) is 2.83. The number of likely N-dealkylation sites (tertiary alicyclic amines) is 2. The van der Waals surface area contributed by atoms with Gasteiger partial charge in [0.2, 0.25) is 0 Å². The Bertz CT molecular complexity index is 1160. The summed E-state index contributed by atoms with van der Waals surface area (Å²) in [6, 6.07) is 5.01. The van der Waals surface area contributed by atoms with Crippen LogP contribution >= 0.6 is 47.0 Å². The van der Waals surface area contributed by atoms with Crippen LogP contribution in [0.5, 0.6) is 5.75 Å². The van der Waals surface area contributed by atoms with Crippen LogP contribution in [0.3, 0.4) is 0 Å². The summed E-state index contributed by atoms with van der Waals surface area (Å²) in [5.74, 6) is 0.718. The van der Waals surface area contributed by atoms with E-state index in [1.807, 2.05) is 6.07 Å². The summed E-state index contributed by atoms with van der Waals surface area (Å²) < 4.78 is 33.6. The van der Waals surface area contributed by atoms with Gasteiger partial charge in [0.1, 0.15) is 16.8 Å². The molecule has 1 N–H and O–H groups in total. The van der Waals surface area contributed by atoms with Crippen LogP contribution in [0.1, 0.15) is 32.1 Å². The molecule has 0 radical (unpaired) electrons. The number of sulfonamides is 1. The van der Waals surface area contributed by atoms with Crippen LogP contribution in [0, 0.1) is 0 Å². The molecule has 4 rings (SSSR count). The highest BCUT2D eigenvalue weighted by atomic mass is 35.5. The van der Waals surface area contributed by atoms with E-state index in [0.717, 1.165) is 44.5 Å². The molecule has 2 fully saturated rings. The first-order valence-corrected chi connectivity index (χ1v) is 14.4. The van der Waals surface area contributed by atoms with Crippen LogP contribution in [0.25, 0.3) is 0 Å². The summed E-state index contributed by atoms with van der Waals surface area (Å²) in [7, 11) is -4.07. The SMILES string of the molecule is O=C(NS(=O)(=O)C1=CC(Cl)=CCC1=S)N1CCC(N2CCC(Oc3ccc(Cl)c(Cl)c3)CC2)CC1. The molecule has 2 heterocycles. The number of hydrogen-bond acceptors (Lipinski definition) is 6. The van der Waals surface area contributed by atoms with E-state index in [1.165, 1.54) is 11.0 Å². The lowest BCUT2D eigenvalue weighted by molar-refractivity contribution is 0.0540. The van der Waals surface area contributed by atoms with Gasteiger partial charge >= 0.3 is 6.03 Å². The van der Waals surface area contributed by atoms with E-state index in [0.29, 0.717) is 34.2 Å². The highest BCUT2D eigenvalue weighted by Crippen LogP contribution is 2.29. The summed E-state index contributed by atoms with van der Waals surface area (Å²) in [6.45, 7) is 2.76. The molecule has 1 aliphatic carbocycles. The van der Waals surface area contributed by atoms with Gasteiger partial charge in [0.05, 0.1) is 10.0 Å². The highest BCUT2D eigenvalue weighted by Gasteiger charge is 2.32. The summed E-state index contributed by atoms with van der Waals surface area (Å²) in [5, 5.41) is 1.27. The zero-order valence-corrected chi connectivity index (χ0v) is 22.8. The largest absolute Gasteiger partial charge is 0.490 e. The lowest BCUT2D eigenvalue weighted by atomic mass is 9.99. The van der Waals surface area contributed by atoms with Crippen molar-refractivity contribution in [1.29, 1.82) is 0 Å². The first-order valence-electron chi connectivity index (χ1n) is 11.4. The van der Waals surface area contributed by atoms with Crippen molar-refractivity contribution in [3.63, 3.8) is 0 Å². The van der Waals surface area contributed by atoms with E-state index in [4.69, 9.17) is 51.8 Å². The number of allylic oxidation sites excluding steroid dienone is 4. The Morgan fingerprint density at radius 3 is 2.37 bits per heavy atom. The van der Waals surface area contributed by atoms with E-state index in [-0.39, 0.29) is 22.3 Å². The number of benzene rings is 1. The molecular weight excluding hydrogens is 553 g/mol. The molecule has 3 aliphatic rings. The summed E-state index contributed by atoms with van der Waals surface area (Å²) in [5.41, 5.74) is 0. The smallest absolute Gasteiger partial charge is 0.331 e. The maximum Gasteiger partial charge on any atom is 0.331 e. The van der Waals surface area contributed by atoms with Crippen LogP contribution < -0.4 is 9.46 Å². The Kier molecular flexibility index (Phi) is 8.66. The molecule has 2 amide bonds. The molecule has 1 aromatic carbocycles. The van der Waals surface area contributed by atoms with Crippen molar-refractivity contribution in [3.8, 4) is 5.75 Å². The number of amides is 2. The second-order valence-corrected chi connectivity index (χ2v) is 12.2. The first-order chi connectivity index (χ1) is 16.6. The van der Waals surface area contributed by atoms with Gasteiger partial charge in [-0.15, -0.1) is 0 Å². The third-order valence-electron chi connectivity index (χ3n) is 6.48. The molecule has 0 atom stereocenters. The third-order valence-corrected chi connectivity index (χ3v) is 9.38. The molecule has 7 nitrogen and oxygen atoms in total. The molecule has 0 unspecified atom stereocenters. The molecular formula is C23H26Cl3N3O4S2. The number of hydrogen-bond donors (Lipinski definition) is 1. The van der Waals surface area contributed by atoms with Gasteiger partial charge < -0.3 is 9.64 Å². The van der Waals surface area contributed by atoms with Gasteiger partial charge in [0.15, 0.2) is 0 Å². The topological polar surface area (TPSA) is 79.0 Å². The minimum absolute atomic E-state index is 0.114. The van der Waals surface area contributed by atoms with Crippen LogP contribution in [0.15, 0.2) is 40.3 Å². The molecule has 1 aromatic rings. The molecule has 12 heteroatoms. The number of piperidine rings is 2. The molecule has 2 aliphatic heterocycles. The number of halogens is 3. The fourth-order valence-corrected chi connectivity index (χ4v) is 6.70. The molecule has 2 saturated heterocycles. The molecule has 35 heavy (non-hydrogen) atoms. The number of nitrogens with one attached hydrogen (secondary N) is 1. The lowest BCUT2D eigenvalue weighted by Gasteiger charge is -2.41. The maximum absolute atomic E-state index is 12.7. The van der Waals surface area contributed by atoms with Crippen molar-refractivity contribution in [2.45, 2.75) is 44.2 Å². The van der Waals surface area contributed by atoms with Crippen LogP contribution in [0.2, 0.25) is 10.0 Å². The van der Waals surface area contributed by atoms with Crippen molar-refractivity contribution in [1.82, 2.24) is 14.5 Å². The summed E-state index contributed by atoms with van der Waals surface area (Å²) in [4.78, 5) is 16.7. The number of rotatable bonds is 5. The minimum atomic E-state index is -4.07. The van der Waals surface area contributed by atoms with Crippen molar-refractivity contribution in [2.75, 3.05) is 26.2 Å². The second kappa shape index (κ2) is 11.4. The summed E-state index contributed by atoms with van der Waals surface area (Å²) >= 11 is 23.1. The Morgan fingerprint density at radius 1 is 1.03 bits per heavy atom. The Hall–Kier alpha value is -1.36. The fraction of sp³-hybridized carbons (Fsp3) is 0.478. The van der Waals surface area contributed by atoms with Crippen LogP contribution in [-0.4, -0.2) is 67.4 Å². The van der Waals surface area contributed by atoms with Gasteiger partial charge in [0.25, 0.3) is 10.0 Å². The van der Waals surface area contributed by atoms with Crippen molar-refractivity contribution in [2.24, 2.45) is 0 Å². The monoisotopic (exact) mass is 577 g/mol. The van der Waals surface area contributed by atoms with Crippen LogP contribution in [0.4, 0.5) is 4.79 Å². The van der Waals surface area contributed by atoms with Crippen molar-refractivity contribution >= 4 is 67.9 Å². The zero-order chi connectivity index (χ0) is 25.2. The van der Waals surface area contributed by atoms with E-state index >= 15 is 0 Å². The van der Waals surface area contributed by atoms with E-state index in [2.05, 4.69) is 9.62 Å². The third kappa shape index (κ3) is 6.70. The summed E-state index contributed by atoms with van der Waals surface area (Å²) in [6.07, 6.45) is 6.64. The Morgan fingerprint density at radius 2 is 1.71 bits per heavy atom. The normalized spacial score (nSPS) is 20.9. The number of carbonyl (C=O) groups excluding carboxylic acids is 1. The predicted octanol–water partition coefficient (Wildman–Crippen LogP) is 5.12. The lowest BCUT2D eigenvalue weighted by Crippen LogP contribution is -2.52. The molecule has 190 valence electrons. The first kappa shape index (κ1) is 26.7. The van der Waals surface area contributed by atoms with Gasteiger partial charge in [0, 0.05) is 54.6 Å². The van der Waals surface area contributed by atoms with Crippen LogP contribution in [-0.2, 0) is 10.0 Å². The Balaban J connectivity index is 1.24. The van der Waals surface area contributed by atoms with Gasteiger partial charge in [-0.3, -0.25) is 4.90 Å². The number of thiocarbonyl (C=S) groups is 1.